The monoisotopic (exact) mass is 413 g/mol. The topological polar surface area (TPSA) is 66.8 Å². The Morgan fingerprint density at radius 2 is 1.55 bits per heavy atom. The number of anilines is 1. The Labute approximate surface area is 181 Å². The van der Waals surface area contributed by atoms with Crippen LogP contribution >= 0.6 is 0 Å². The molecule has 1 unspecified atom stereocenters. The number of aryl methyl sites for hydroxylation is 1. The van der Waals surface area contributed by atoms with E-state index in [1.165, 1.54) is 4.90 Å². The van der Waals surface area contributed by atoms with Gasteiger partial charge in [-0.3, -0.25) is 14.5 Å². The van der Waals surface area contributed by atoms with E-state index in [-0.39, 0.29) is 17.8 Å². The van der Waals surface area contributed by atoms with Crippen molar-refractivity contribution < 1.29 is 19.4 Å². The number of carbonyl (C=O) groups excluding carboxylic acids is 2. The second-order valence-corrected chi connectivity index (χ2v) is 7.36. The Bertz CT molecular complexity index is 1110. The Balaban J connectivity index is 1.71. The molecule has 5 nitrogen and oxygen atoms in total. The zero-order valence-electron chi connectivity index (χ0n) is 17.2. The lowest BCUT2D eigenvalue weighted by Crippen LogP contribution is -2.31. The molecule has 1 aliphatic rings. The highest BCUT2D eigenvalue weighted by Gasteiger charge is 2.44. The summed E-state index contributed by atoms with van der Waals surface area (Å²) in [5.41, 5.74) is 2.51. The lowest BCUT2D eigenvalue weighted by Gasteiger charge is -2.27. The van der Waals surface area contributed by atoms with Crippen molar-refractivity contribution in [3.05, 3.63) is 107 Å². The molecule has 1 amide bonds. The number of para-hydroxylation sites is 1. The van der Waals surface area contributed by atoms with E-state index >= 15 is 0 Å². The molecule has 0 aromatic heterocycles. The first kappa shape index (κ1) is 20.4. The van der Waals surface area contributed by atoms with E-state index in [4.69, 9.17) is 4.74 Å². The Morgan fingerprint density at radius 1 is 0.935 bits per heavy atom. The van der Waals surface area contributed by atoms with Gasteiger partial charge in [0.2, 0.25) is 0 Å². The van der Waals surface area contributed by atoms with Crippen molar-refractivity contribution in [2.45, 2.75) is 18.9 Å². The first-order valence-corrected chi connectivity index (χ1v) is 10.1. The molecule has 0 saturated heterocycles. The van der Waals surface area contributed by atoms with Crippen molar-refractivity contribution in [3.63, 3.8) is 0 Å². The van der Waals surface area contributed by atoms with Crippen molar-refractivity contribution in [2.75, 3.05) is 12.0 Å². The molecule has 0 saturated carbocycles. The van der Waals surface area contributed by atoms with E-state index in [9.17, 15) is 14.7 Å². The number of nitrogens with zero attached hydrogens (tertiary/aromatic N) is 1. The predicted molar refractivity (Wildman–Crippen MR) is 119 cm³/mol. The molecule has 3 aromatic rings. The molecule has 1 N–H and O–H groups in total. The minimum Gasteiger partial charge on any atom is -0.503 e. The second-order valence-electron chi connectivity index (χ2n) is 7.36. The van der Waals surface area contributed by atoms with Gasteiger partial charge in [-0.1, -0.05) is 60.7 Å². The van der Waals surface area contributed by atoms with E-state index in [1.54, 1.807) is 31.4 Å². The van der Waals surface area contributed by atoms with Crippen molar-refractivity contribution in [2.24, 2.45) is 0 Å². The minimum atomic E-state index is -0.705. The first-order valence-electron chi connectivity index (χ1n) is 10.1. The summed E-state index contributed by atoms with van der Waals surface area (Å²) in [6.45, 7) is 0. The molecule has 0 bridgehead atoms. The zero-order chi connectivity index (χ0) is 21.8. The molecular weight excluding hydrogens is 390 g/mol. The van der Waals surface area contributed by atoms with E-state index in [0.29, 0.717) is 17.9 Å². The maximum absolute atomic E-state index is 13.2. The van der Waals surface area contributed by atoms with Gasteiger partial charge in [0.25, 0.3) is 5.91 Å². The van der Waals surface area contributed by atoms with Gasteiger partial charge in [-0.05, 0) is 41.8 Å². The van der Waals surface area contributed by atoms with Crippen LogP contribution in [0.2, 0.25) is 0 Å². The third kappa shape index (κ3) is 4.08. The van der Waals surface area contributed by atoms with E-state index in [0.717, 1.165) is 11.1 Å². The Hall–Kier alpha value is -3.86. The molecule has 0 fully saturated rings. The minimum absolute atomic E-state index is 0.134. The molecule has 5 heteroatoms. The number of amides is 1. The molecule has 0 aliphatic carbocycles. The number of aliphatic hydroxyl groups excluding tert-OH is 1. The van der Waals surface area contributed by atoms with Crippen LogP contribution in [0.1, 0.15) is 23.6 Å². The summed E-state index contributed by atoms with van der Waals surface area (Å²) < 4.78 is 5.24. The van der Waals surface area contributed by atoms with Crippen LogP contribution in [0.25, 0.3) is 0 Å². The van der Waals surface area contributed by atoms with Gasteiger partial charge in [0.15, 0.2) is 11.5 Å². The van der Waals surface area contributed by atoms with Crippen LogP contribution in [0, 0.1) is 0 Å². The number of hydrogen-bond donors (Lipinski definition) is 1. The molecule has 0 radical (unpaired) electrons. The maximum Gasteiger partial charge on any atom is 0.294 e. The van der Waals surface area contributed by atoms with Crippen LogP contribution in [0.15, 0.2) is 96.3 Å². The first-order chi connectivity index (χ1) is 15.1. The number of benzene rings is 3. The van der Waals surface area contributed by atoms with Crippen LogP contribution in [-0.2, 0) is 16.0 Å². The Morgan fingerprint density at radius 3 is 2.16 bits per heavy atom. The van der Waals surface area contributed by atoms with Gasteiger partial charge in [-0.2, -0.15) is 0 Å². The van der Waals surface area contributed by atoms with Gasteiger partial charge in [-0.25, -0.2) is 0 Å². The molecule has 1 aliphatic heterocycles. The SMILES string of the molecule is COc1ccc(C2C(C(=O)CCc3ccccc3)=C(O)C(=O)N2c2ccccc2)cc1. The van der Waals surface area contributed by atoms with E-state index in [1.807, 2.05) is 60.7 Å². The predicted octanol–water partition coefficient (Wildman–Crippen LogP) is 4.80. The maximum atomic E-state index is 13.2. The lowest BCUT2D eigenvalue weighted by atomic mass is 9.93. The summed E-state index contributed by atoms with van der Waals surface area (Å²) in [5.74, 6) is -0.628. The van der Waals surface area contributed by atoms with Crippen molar-refractivity contribution >= 4 is 17.4 Å². The highest BCUT2D eigenvalue weighted by Crippen LogP contribution is 2.41. The molecule has 156 valence electrons. The fraction of sp³-hybridized carbons (Fsp3) is 0.154. The van der Waals surface area contributed by atoms with Gasteiger partial charge in [0, 0.05) is 12.1 Å². The number of rotatable bonds is 7. The van der Waals surface area contributed by atoms with Gasteiger partial charge < -0.3 is 9.84 Å². The van der Waals surface area contributed by atoms with Crippen molar-refractivity contribution in [1.29, 1.82) is 0 Å². The summed E-state index contributed by atoms with van der Waals surface area (Å²) in [4.78, 5) is 27.8. The number of carbonyl (C=O) groups is 2. The third-order valence-corrected chi connectivity index (χ3v) is 5.46. The van der Waals surface area contributed by atoms with Crippen LogP contribution in [0.5, 0.6) is 5.75 Å². The summed E-state index contributed by atoms with van der Waals surface area (Å²) >= 11 is 0. The van der Waals surface area contributed by atoms with Crippen molar-refractivity contribution in [1.82, 2.24) is 0 Å². The normalized spacial score (nSPS) is 16.0. The van der Waals surface area contributed by atoms with Gasteiger partial charge in [0.05, 0.1) is 18.7 Å². The molecule has 31 heavy (non-hydrogen) atoms. The molecule has 1 atom stereocenters. The van der Waals surface area contributed by atoms with E-state index < -0.39 is 17.7 Å². The number of ether oxygens (including phenoxy) is 1. The third-order valence-electron chi connectivity index (χ3n) is 5.46. The largest absolute Gasteiger partial charge is 0.503 e. The number of ketones is 1. The summed E-state index contributed by atoms with van der Waals surface area (Å²) in [7, 11) is 1.58. The summed E-state index contributed by atoms with van der Waals surface area (Å²) in [5, 5.41) is 10.7. The van der Waals surface area contributed by atoms with Crippen LogP contribution < -0.4 is 9.64 Å². The fourth-order valence-electron chi connectivity index (χ4n) is 3.88. The molecule has 0 spiro atoms. The number of Topliss-reactive ketones (excluding diaryl/α,β-unsaturated/α-hetero) is 1. The van der Waals surface area contributed by atoms with Crippen LogP contribution in [0.3, 0.4) is 0 Å². The smallest absolute Gasteiger partial charge is 0.294 e. The highest BCUT2D eigenvalue weighted by molar-refractivity contribution is 6.16. The highest BCUT2D eigenvalue weighted by atomic mass is 16.5. The molecule has 1 heterocycles. The summed E-state index contributed by atoms with van der Waals surface area (Å²) in [6.07, 6.45) is 0.733. The second kappa shape index (κ2) is 8.88. The number of methoxy groups -OCH3 is 1. The summed E-state index contributed by atoms with van der Waals surface area (Å²) in [6, 6.07) is 25.2. The quantitative estimate of drug-likeness (QED) is 0.604. The molecule has 3 aromatic carbocycles. The number of aliphatic hydroxyl groups is 1. The van der Waals surface area contributed by atoms with Crippen LogP contribution in [0.4, 0.5) is 5.69 Å². The fourth-order valence-corrected chi connectivity index (χ4v) is 3.88. The number of hydrogen-bond acceptors (Lipinski definition) is 4. The average molecular weight is 413 g/mol. The average Bonchev–Trinajstić information content (AvgIpc) is 3.09. The lowest BCUT2D eigenvalue weighted by molar-refractivity contribution is -0.118. The van der Waals surface area contributed by atoms with Crippen LogP contribution in [-0.4, -0.2) is 23.9 Å². The van der Waals surface area contributed by atoms with Gasteiger partial charge in [-0.15, -0.1) is 0 Å². The molecular formula is C26H23NO4. The molecule has 4 rings (SSSR count). The van der Waals surface area contributed by atoms with E-state index in [2.05, 4.69) is 0 Å². The Kier molecular flexibility index (Phi) is 5.85. The van der Waals surface area contributed by atoms with Gasteiger partial charge in [0.1, 0.15) is 5.75 Å². The van der Waals surface area contributed by atoms with Crippen molar-refractivity contribution in [3.8, 4) is 5.75 Å². The zero-order valence-corrected chi connectivity index (χ0v) is 17.2. The standard InChI is InChI=1S/C26H23NO4/c1-31-21-15-13-19(14-16-21)24-23(22(28)17-12-18-8-4-2-5-9-18)25(29)26(30)27(24)20-10-6-3-7-11-20/h2-11,13-16,24,29H,12,17H2,1H3. The van der Waals surface area contributed by atoms with Gasteiger partial charge >= 0.3 is 0 Å².